The SMILES string of the molecule is C=CC(=O)Nc1ccc(C(=O)Nc2cc3cc(c2)C(=O)NCC/C=C\COc2cccc(c2)-c2ccnc(n2)N3)cc1. The molecule has 0 saturated heterocycles. The number of anilines is 4. The number of amides is 3. The van der Waals surface area contributed by atoms with Crippen molar-refractivity contribution in [1.29, 1.82) is 0 Å². The molecule has 5 rings (SSSR count). The average molecular weight is 561 g/mol. The number of carbonyl (C=O) groups is 3. The van der Waals surface area contributed by atoms with Gasteiger partial charge in [0.05, 0.1) is 5.69 Å². The smallest absolute Gasteiger partial charge is 0.255 e. The van der Waals surface area contributed by atoms with Crippen LogP contribution in [0.25, 0.3) is 11.3 Å². The summed E-state index contributed by atoms with van der Waals surface area (Å²) in [5.74, 6) is -0.00987. The molecule has 2 heterocycles. The molecule has 0 fully saturated rings. The summed E-state index contributed by atoms with van der Waals surface area (Å²) in [6, 6.07) is 20.8. The highest BCUT2D eigenvalue weighted by Crippen LogP contribution is 2.26. The molecule has 10 nitrogen and oxygen atoms in total. The van der Waals surface area contributed by atoms with Gasteiger partial charge >= 0.3 is 0 Å². The van der Waals surface area contributed by atoms with E-state index >= 15 is 0 Å². The molecule has 0 aliphatic carbocycles. The average Bonchev–Trinajstić information content (AvgIpc) is 3.00. The molecule has 0 saturated carbocycles. The minimum absolute atomic E-state index is 0.299. The normalized spacial score (nSPS) is 13.6. The molecule has 0 atom stereocenters. The minimum Gasteiger partial charge on any atom is -0.490 e. The topological polar surface area (TPSA) is 134 Å². The lowest BCUT2D eigenvalue weighted by Crippen LogP contribution is -2.24. The summed E-state index contributed by atoms with van der Waals surface area (Å²) in [6.07, 6.45) is 7.28. The first-order valence-electron chi connectivity index (χ1n) is 13.2. The zero-order chi connectivity index (χ0) is 29.3. The third-order valence-corrected chi connectivity index (χ3v) is 6.20. The van der Waals surface area contributed by atoms with Gasteiger partial charge in [0.25, 0.3) is 11.8 Å². The predicted molar refractivity (Wildman–Crippen MR) is 162 cm³/mol. The minimum atomic E-state index is -0.389. The van der Waals surface area contributed by atoms with E-state index in [4.69, 9.17) is 4.74 Å². The third kappa shape index (κ3) is 7.24. The Morgan fingerprint density at radius 3 is 2.62 bits per heavy atom. The van der Waals surface area contributed by atoms with Crippen molar-refractivity contribution >= 4 is 40.7 Å². The molecule has 0 spiro atoms. The summed E-state index contributed by atoms with van der Waals surface area (Å²) in [4.78, 5) is 46.6. The van der Waals surface area contributed by atoms with Crippen molar-refractivity contribution in [3.63, 3.8) is 0 Å². The van der Waals surface area contributed by atoms with E-state index < -0.39 is 0 Å². The highest BCUT2D eigenvalue weighted by molar-refractivity contribution is 6.06. The summed E-state index contributed by atoms with van der Waals surface area (Å²) in [5.41, 5.74) is 3.69. The Hall–Kier alpha value is -5.77. The summed E-state index contributed by atoms with van der Waals surface area (Å²) in [6.45, 7) is 4.24. The van der Waals surface area contributed by atoms with Gasteiger partial charge in [-0.3, -0.25) is 14.4 Å². The van der Waals surface area contributed by atoms with Crippen LogP contribution in [0, 0.1) is 0 Å². The van der Waals surface area contributed by atoms with Crippen molar-refractivity contribution in [3.05, 3.63) is 115 Å². The summed E-state index contributed by atoms with van der Waals surface area (Å²) in [7, 11) is 0. The van der Waals surface area contributed by atoms with Crippen molar-refractivity contribution in [1.82, 2.24) is 15.3 Å². The zero-order valence-electron chi connectivity index (χ0n) is 22.6. The second-order valence-corrected chi connectivity index (χ2v) is 9.27. The largest absolute Gasteiger partial charge is 0.490 e. The van der Waals surface area contributed by atoms with Crippen LogP contribution in [0.3, 0.4) is 0 Å². The van der Waals surface area contributed by atoms with Gasteiger partial charge in [0.15, 0.2) is 0 Å². The van der Waals surface area contributed by atoms with Gasteiger partial charge in [0, 0.05) is 46.5 Å². The number of aromatic nitrogens is 2. The van der Waals surface area contributed by atoms with E-state index in [1.807, 2.05) is 36.4 Å². The standard InChI is InChI=1S/C32H28N6O4/c1-2-29(39)35-24-11-9-21(10-12-24)31(41)36-25-17-23-18-26(20-25)37-32-34-15-13-28(38-32)22-7-6-8-27(19-22)42-16-5-3-4-14-33-30(23)40/h2-3,5-13,15,17-20H,1,4,14,16H2,(H,33,40)(H,35,39)(H,36,41)(H,34,37,38)/b5-3-. The van der Waals surface area contributed by atoms with Gasteiger partial charge in [-0.05, 0) is 73.2 Å². The first kappa shape index (κ1) is 27.8. The molecular formula is C32H28N6O4. The van der Waals surface area contributed by atoms with Gasteiger partial charge in [0.2, 0.25) is 11.9 Å². The van der Waals surface area contributed by atoms with Gasteiger partial charge < -0.3 is 26.0 Å². The molecule has 0 radical (unpaired) electrons. The van der Waals surface area contributed by atoms with Crippen LogP contribution in [0.4, 0.5) is 23.0 Å². The number of nitrogens with zero attached hydrogens (tertiary/aromatic N) is 2. The molecule has 0 unspecified atom stereocenters. The number of ether oxygens (including phenoxy) is 1. The van der Waals surface area contributed by atoms with Crippen LogP contribution < -0.4 is 26.0 Å². The molecule has 4 aromatic rings. The van der Waals surface area contributed by atoms with E-state index in [-0.39, 0.29) is 17.7 Å². The maximum atomic E-state index is 13.1. The van der Waals surface area contributed by atoms with E-state index in [9.17, 15) is 14.4 Å². The molecule has 210 valence electrons. The lowest BCUT2D eigenvalue weighted by atomic mass is 10.1. The number of hydrogen-bond donors (Lipinski definition) is 4. The van der Waals surface area contributed by atoms with Crippen LogP contribution in [0.2, 0.25) is 0 Å². The van der Waals surface area contributed by atoms with Crippen LogP contribution in [0.5, 0.6) is 5.75 Å². The van der Waals surface area contributed by atoms with Crippen LogP contribution in [-0.2, 0) is 4.79 Å². The fourth-order valence-corrected chi connectivity index (χ4v) is 4.16. The maximum absolute atomic E-state index is 13.1. The van der Waals surface area contributed by atoms with E-state index in [0.29, 0.717) is 65.2 Å². The second kappa shape index (κ2) is 13.1. The first-order chi connectivity index (χ1) is 20.5. The Morgan fingerprint density at radius 2 is 1.79 bits per heavy atom. The van der Waals surface area contributed by atoms with Crippen molar-refractivity contribution < 1.29 is 19.1 Å². The fraction of sp³-hybridized carbons (Fsp3) is 0.0938. The van der Waals surface area contributed by atoms with Crippen molar-refractivity contribution in [2.24, 2.45) is 0 Å². The first-order valence-corrected chi connectivity index (χ1v) is 13.2. The van der Waals surface area contributed by atoms with Crippen LogP contribution in [0.15, 0.2) is 104 Å². The van der Waals surface area contributed by atoms with Crippen molar-refractivity contribution in [2.45, 2.75) is 6.42 Å². The number of hydrogen-bond acceptors (Lipinski definition) is 7. The van der Waals surface area contributed by atoms with E-state index in [2.05, 4.69) is 37.8 Å². The highest BCUT2D eigenvalue weighted by atomic mass is 16.5. The van der Waals surface area contributed by atoms with E-state index in [0.717, 1.165) is 11.6 Å². The number of benzene rings is 3. The molecule has 3 aromatic carbocycles. The number of fused-ring (bicyclic) bond motifs is 7. The van der Waals surface area contributed by atoms with Gasteiger partial charge in [-0.1, -0.05) is 30.9 Å². The molecule has 4 N–H and O–H groups in total. The summed E-state index contributed by atoms with van der Waals surface area (Å²) < 4.78 is 5.83. The Bertz CT molecular complexity index is 1670. The maximum Gasteiger partial charge on any atom is 0.255 e. The van der Waals surface area contributed by atoms with E-state index in [1.54, 1.807) is 54.7 Å². The van der Waals surface area contributed by atoms with Crippen LogP contribution in [0.1, 0.15) is 27.1 Å². The predicted octanol–water partition coefficient (Wildman–Crippen LogP) is 5.33. The molecular weight excluding hydrogens is 532 g/mol. The Labute approximate surface area is 242 Å². The molecule has 1 aliphatic rings. The lowest BCUT2D eigenvalue weighted by Gasteiger charge is -2.13. The molecule has 1 aliphatic heterocycles. The summed E-state index contributed by atoms with van der Waals surface area (Å²) >= 11 is 0. The van der Waals surface area contributed by atoms with E-state index in [1.165, 1.54) is 0 Å². The Morgan fingerprint density at radius 1 is 0.929 bits per heavy atom. The van der Waals surface area contributed by atoms with Gasteiger partial charge in [-0.25, -0.2) is 9.97 Å². The van der Waals surface area contributed by atoms with Crippen molar-refractivity contribution in [2.75, 3.05) is 29.1 Å². The molecule has 1 aromatic heterocycles. The Balaban J connectivity index is 1.43. The molecule has 10 heteroatoms. The third-order valence-electron chi connectivity index (χ3n) is 6.20. The number of rotatable bonds is 4. The van der Waals surface area contributed by atoms with Crippen molar-refractivity contribution in [3.8, 4) is 17.0 Å². The molecule has 42 heavy (non-hydrogen) atoms. The zero-order valence-corrected chi connectivity index (χ0v) is 22.6. The fourth-order valence-electron chi connectivity index (χ4n) is 4.16. The number of nitrogens with one attached hydrogen (secondary N) is 4. The van der Waals surface area contributed by atoms with Crippen LogP contribution in [-0.4, -0.2) is 40.8 Å². The second-order valence-electron chi connectivity index (χ2n) is 9.27. The molecule has 3 amide bonds. The number of carbonyl (C=O) groups excluding carboxylic acids is 3. The lowest BCUT2D eigenvalue weighted by molar-refractivity contribution is -0.111. The van der Waals surface area contributed by atoms with Gasteiger partial charge in [0.1, 0.15) is 12.4 Å². The summed E-state index contributed by atoms with van der Waals surface area (Å²) in [5, 5.41) is 11.5. The monoisotopic (exact) mass is 560 g/mol. The Kier molecular flexibility index (Phi) is 8.64. The highest BCUT2D eigenvalue weighted by Gasteiger charge is 2.13. The quantitative estimate of drug-likeness (QED) is 0.196. The molecule has 6 bridgehead atoms. The van der Waals surface area contributed by atoms with Gasteiger partial charge in [-0.15, -0.1) is 0 Å². The van der Waals surface area contributed by atoms with Gasteiger partial charge in [-0.2, -0.15) is 0 Å². The van der Waals surface area contributed by atoms with Crippen LogP contribution >= 0.6 is 0 Å².